The summed E-state index contributed by atoms with van der Waals surface area (Å²) in [4.78, 5) is 14.2. The van der Waals surface area contributed by atoms with Crippen molar-refractivity contribution in [3.63, 3.8) is 0 Å². The molecule has 1 aromatic carbocycles. The van der Waals surface area contributed by atoms with Crippen molar-refractivity contribution >= 4 is 28.6 Å². The summed E-state index contributed by atoms with van der Waals surface area (Å²) in [5.41, 5.74) is 1.28. The summed E-state index contributed by atoms with van der Waals surface area (Å²) in [5.74, 6) is 1.72. The monoisotopic (exact) mass is 495 g/mol. The standard InChI is InChI=1S/C22H26INO4/c1-12(25)27-16-5-4-14-10-17-22(26)7-6-15(23)20-21(22,18(14)19(16)28-20)8-9-24(17)11-13-2-3-13/h4-5,13,15,17,20,26H,2-3,6-11H2,1H3/t15-,17?,20+,21?,22?/m1/s1. The van der Waals surface area contributed by atoms with Crippen molar-refractivity contribution in [3.05, 3.63) is 23.3 Å². The Morgan fingerprint density at radius 3 is 2.93 bits per heavy atom. The molecule has 6 heteroatoms. The summed E-state index contributed by atoms with van der Waals surface area (Å²) >= 11 is 2.50. The first-order chi connectivity index (χ1) is 13.4. The summed E-state index contributed by atoms with van der Waals surface area (Å²) in [6, 6.07) is 4.15. The topological polar surface area (TPSA) is 59.0 Å². The van der Waals surface area contributed by atoms with Gasteiger partial charge in [0, 0.05) is 29.0 Å². The number of nitrogens with zero attached hydrogens (tertiary/aromatic N) is 1. The van der Waals surface area contributed by atoms with E-state index < -0.39 is 5.60 Å². The maximum atomic E-state index is 12.3. The zero-order valence-corrected chi connectivity index (χ0v) is 18.3. The number of halogens is 1. The van der Waals surface area contributed by atoms with Crippen LogP contribution < -0.4 is 9.47 Å². The first-order valence-corrected chi connectivity index (χ1v) is 11.8. The largest absolute Gasteiger partial charge is 0.484 e. The van der Waals surface area contributed by atoms with E-state index in [1.165, 1.54) is 25.3 Å². The lowest BCUT2D eigenvalue weighted by Gasteiger charge is -2.63. The summed E-state index contributed by atoms with van der Waals surface area (Å²) in [5, 5.41) is 12.3. The highest BCUT2D eigenvalue weighted by Gasteiger charge is 2.72. The average molecular weight is 495 g/mol. The van der Waals surface area contributed by atoms with Crippen LogP contribution in [0.1, 0.15) is 50.2 Å². The molecule has 2 heterocycles. The van der Waals surface area contributed by atoms with Gasteiger partial charge in [0.1, 0.15) is 6.10 Å². The van der Waals surface area contributed by atoms with Crippen LogP contribution in [0.3, 0.4) is 0 Å². The maximum absolute atomic E-state index is 12.3. The molecule has 3 aliphatic carbocycles. The Balaban J connectivity index is 1.53. The second-order valence-corrected chi connectivity index (χ2v) is 11.0. The fraction of sp³-hybridized carbons (Fsp3) is 0.682. The van der Waals surface area contributed by atoms with E-state index in [4.69, 9.17) is 9.47 Å². The molecule has 150 valence electrons. The lowest BCUT2D eigenvalue weighted by atomic mass is 9.49. The fourth-order valence-electron chi connectivity index (χ4n) is 6.65. The SMILES string of the molecule is CC(=O)Oc1ccc2c3c1O[C@H]1[C@H](I)CCC4(O)C(C2)N(CC2CC2)CCC314. The molecule has 2 aliphatic heterocycles. The number of hydrogen-bond acceptors (Lipinski definition) is 5. The first-order valence-electron chi connectivity index (χ1n) is 10.6. The number of esters is 1. The molecule has 2 bridgehead atoms. The van der Waals surface area contributed by atoms with Gasteiger partial charge >= 0.3 is 5.97 Å². The Bertz CT molecular complexity index is 870. The van der Waals surface area contributed by atoms with E-state index in [1.54, 1.807) is 0 Å². The molecule has 0 radical (unpaired) electrons. The van der Waals surface area contributed by atoms with Crippen molar-refractivity contribution < 1.29 is 19.4 Å². The number of piperidine rings is 1. The third-order valence-electron chi connectivity index (χ3n) is 7.93. The number of alkyl halides is 1. The van der Waals surface area contributed by atoms with Crippen molar-refractivity contribution in [1.82, 2.24) is 4.90 Å². The maximum Gasteiger partial charge on any atom is 0.308 e. The summed E-state index contributed by atoms with van der Waals surface area (Å²) < 4.78 is 12.4. The van der Waals surface area contributed by atoms with Crippen LogP contribution in [0.2, 0.25) is 0 Å². The second kappa shape index (κ2) is 5.85. The normalized spacial score (nSPS) is 40.6. The predicted octanol–water partition coefficient (Wildman–Crippen LogP) is 2.98. The lowest BCUT2D eigenvalue weighted by molar-refractivity contribution is -0.182. The molecular formula is C22H26INO4. The van der Waals surface area contributed by atoms with Crippen LogP contribution in [0.15, 0.2) is 12.1 Å². The van der Waals surface area contributed by atoms with Gasteiger partial charge in [0.05, 0.1) is 11.0 Å². The van der Waals surface area contributed by atoms with Gasteiger partial charge in [-0.1, -0.05) is 28.7 Å². The molecule has 0 aromatic heterocycles. The number of hydrogen-bond donors (Lipinski definition) is 1. The van der Waals surface area contributed by atoms with Gasteiger partial charge in [-0.2, -0.15) is 0 Å². The van der Waals surface area contributed by atoms with Gasteiger partial charge in [0.2, 0.25) is 0 Å². The molecular weight excluding hydrogens is 469 g/mol. The molecule has 6 rings (SSSR count). The highest BCUT2D eigenvalue weighted by Crippen LogP contribution is 2.66. The van der Waals surface area contributed by atoms with Crippen molar-refractivity contribution in [2.24, 2.45) is 5.92 Å². The van der Waals surface area contributed by atoms with Crippen molar-refractivity contribution in [3.8, 4) is 11.5 Å². The van der Waals surface area contributed by atoms with E-state index in [2.05, 4.69) is 33.6 Å². The Labute approximate surface area is 178 Å². The zero-order valence-electron chi connectivity index (χ0n) is 16.1. The minimum Gasteiger partial charge on any atom is -0.484 e. The average Bonchev–Trinajstić information content (AvgIpc) is 3.38. The molecule has 1 N–H and O–H groups in total. The third-order valence-corrected chi connectivity index (χ3v) is 9.20. The van der Waals surface area contributed by atoms with E-state index in [9.17, 15) is 9.90 Å². The predicted molar refractivity (Wildman–Crippen MR) is 112 cm³/mol. The lowest BCUT2D eigenvalue weighted by Crippen LogP contribution is -2.76. The van der Waals surface area contributed by atoms with Crippen molar-refractivity contribution in [1.29, 1.82) is 0 Å². The van der Waals surface area contributed by atoms with E-state index in [1.807, 2.05) is 6.07 Å². The molecule has 5 atom stereocenters. The van der Waals surface area contributed by atoms with E-state index >= 15 is 0 Å². The molecule has 5 aliphatic rings. The summed E-state index contributed by atoms with van der Waals surface area (Å²) in [7, 11) is 0. The number of carbonyl (C=O) groups excluding carboxylic acids is 1. The molecule has 1 spiro atoms. The summed E-state index contributed by atoms with van der Waals surface area (Å²) in [6.07, 6.45) is 6.17. The van der Waals surface area contributed by atoms with Gasteiger partial charge in [0.25, 0.3) is 0 Å². The van der Waals surface area contributed by atoms with E-state index in [0.717, 1.165) is 50.3 Å². The van der Waals surface area contributed by atoms with E-state index in [0.29, 0.717) is 15.4 Å². The second-order valence-electron chi connectivity index (χ2n) is 9.42. The molecule has 0 amide bonds. The minimum atomic E-state index is -0.764. The van der Waals surface area contributed by atoms with Gasteiger partial charge in [-0.05, 0) is 62.6 Å². The van der Waals surface area contributed by atoms with Gasteiger partial charge in [0.15, 0.2) is 11.5 Å². The van der Waals surface area contributed by atoms with Crippen LogP contribution in [0, 0.1) is 5.92 Å². The van der Waals surface area contributed by atoms with Crippen molar-refractivity contribution in [2.45, 2.75) is 72.5 Å². The molecule has 2 saturated carbocycles. The number of aliphatic hydroxyl groups is 1. The Morgan fingerprint density at radius 1 is 1.36 bits per heavy atom. The zero-order chi connectivity index (χ0) is 19.3. The molecule has 5 nitrogen and oxygen atoms in total. The Morgan fingerprint density at radius 2 is 2.18 bits per heavy atom. The first kappa shape index (κ1) is 18.0. The molecule has 1 aromatic rings. The van der Waals surface area contributed by atoms with Gasteiger partial charge in [-0.15, -0.1) is 0 Å². The molecule has 3 fully saturated rings. The fourth-order valence-corrected chi connectivity index (χ4v) is 7.72. The van der Waals surface area contributed by atoms with Crippen LogP contribution in [0.5, 0.6) is 11.5 Å². The van der Waals surface area contributed by atoms with Gasteiger partial charge in [-0.25, -0.2) is 0 Å². The van der Waals surface area contributed by atoms with Crippen LogP contribution >= 0.6 is 22.6 Å². The van der Waals surface area contributed by atoms with E-state index in [-0.39, 0.29) is 23.5 Å². The highest BCUT2D eigenvalue weighted by atomic mass is 127. The van der Waals surface area contributed by atoms with Crippen LogP contribution in [-0.4, -0.2) is 50.7 Å². The number of benzene rings is 1. The molecule has 28 heavy (non-hydrogen) atoms. The number of ether oxygens (including phenoxy) is 2. The van der Waals surface area contributed by atoms with Gasteiger partial charge < -0.3 is 14.6 Å². The number of rotatable bonds is 3. The number of carbonyl (C=O) groups is 1. The molecule has 1 saturated heterocycles. The van der Waals surface area contributed by atoms with Crippen molar-refractivity contribution in [2.75, 3.05) is 13.1 Å². The van der Waals surface area contributed by atoms with Crippen LogP contribution in [0.25, 0.3) is 0 Å². The minimum absolute atomic E-state index is 0.0526. The third kappa shape index (κ3) is 2.17. The quantitative estimate of drug-likeness (QED) is 0.303. The smallest absolute Gasteiger partial charge is 0.308 e. The summed E-state index contributed by atoms with van der Waals surface area (Å²) in [6.45, 7) is 3.57. The Hall–Kier alpha value is -0.860. The Kier molecular flexibility index (Phi) is 3.75. The van der Waals surface area contributed by atoms with Gasteiger partial charge in [-0.3, -0.25) is 9.69 Å². The highest BCUT2D eigenvalue weighted by molar-refractivity contribution is 14.1. The molecule has 3 unspecified atom stereocenters. The van der Waals surface area contributed by atoms with Crippen LogP contribution in [-0.2, 0) is 16.6 Å². The van der Waals surface area contributed by atoms with Crippen LogP contribution in [0.4, 0.5) is 0 Å². The number of likely N-dealkylation sites (tertiary alicyclic amines) is 1.